The van der Waals surface area contributed by atoms with Crippen molar-refractivity contribution in [2.75, 3.05) is 26.0 Å². The van der Waals surface area contributed by atoms with E-state index in [2.05, 4.69) is 20.7 Å². The first-order valence-electron chi connectivity index (χ1n) is 7.08. The first-order valence-corrected chi connectivity index (χ1v) is 8.57. The highest BCUT2D eigenvalue weighted by atomic mass is 35.5. The minimum Gasteiger partial charge on any atom is -0.345 e. The monoisotopic (exact) mass is 378 g/mol. The number of amides is 2. The first kappa shape index (κ1) is 22.3. The molecule has 1 aromatic carbocycles. The van der Waals surface area contributed by atoms with E-state index in [9.17, 15) is 18.0 Å². The molecule has 0 spiro atoms. The lowest BCUT2D eigenvalue weighted by molar-refractivity contribution is -0.126. The van der Waals surface area contributed by atoms with Crippen molar-refractivity contribution < 1.29 is 18.0 Å². The Morgan fingerprint density at radius 1 is 1.21 bits per heavy atom. The van der Waals surface area contributed by atoms with Gasteiger partial charge in [0.2, 0.25) is 21.8 Å². The van der Waals surface area contributed by atoms with Gasteiger partial charge in [0.1, 0.15) is 6.04 Å². The lowest BCUT2D eigenvalue weighted by Crippen LogP contribution is -2.42. The summed E-state index contributed by atoms with van der Waals surface area (Å²) in [6.45, 7) is 2.07. The average molecular weight is 379 g/mol. The topological polar surface area (TPSA) is 116 Å². The number of hydrogen-bond donors (Lipinski definition) is 4. The molecule has 0 aromatic heterocycles. The third kappa shape index (κ3) is 6.83. The summed E-state index contributed by atoms with van der Waals surface area (Å²) in [7, 11) is -0.543. The van der Waals surface area contributed by atoms with Gasteiger partial charge in [0.15, 0.2) is 0 Å². The van der Waals surface area contributed by atoms with E-state index in [1.54, 1.807) is 20.0 Å². The van der Waals surface area contributed by atoms with Crippen LogP contribution in [0.4, 0.5) is 5.69 Å². The van der Waals surface area contributed by atoms with Crippen molar-refractivity contribution in [3.05, 3.63) is 24.3 Å². The van der Waals surface area contributed by atoms with Crippen LogP contribution in [0, 0.1) is 0 Å². The smallest absolute Gasteiger partial charge is 0.246 e. The Labute approximate surface area is 148 Å². The van der Waals surface area contributed by atoms with Crippen LogP contribution < -0.4 is 20.7 Å². The molecular weight excluding hydrogens is 356 g/mol. The highest BCUT2D eigenvalue weighted by molar-refractivity contribution is 7.89. The summed E-state index contributed by atoms with van der Waals surface area (Å²) in [5.74, 6) is -0.671. The fraction of sp³-hybridized carbons (Fsp3) is 0.429. The molecule has 0 bridgehead atoms. The summed E-state index contributed by atoms with van der Waals surface area (Å²) >= 11 is 0. The Bertz CT molecular complexity index is 666. The van der Waals surface area contributed by atoms with Gasteiger partial charge in [-0.2, -0.15) is 0 Å². The van der Waals surface area contributed by atoms with Crippen LogP contribution in [0.3, 0.4) is 0 Å². The highest BCUT2D eigenvalue weighted by Crippen LogP contribution is 2.15. The molecule has 0 aliphatic carbocycles. The minimum atomic E-state index is -3.58. The maximum absolute atomic E-state index is 12.0. The summed E-state index contributed by atoms with van der Waals surface area (Å²) in [6, 6.07) is 5.13. The Kier molecular flexibility index (Phi) is 9.52. The van der Waals surface area contributed by atoms with Gasteiger partial charge < -0.3 is 16.0 Å². The van der Waals surface area contributed by atoms with Crippen LogP contribution in [0.15, 0.2) is 29.2 Å². The van der Waals surface area contributed by atoms with Crippen molar-refractivity contribution >= 4 is 39.9 Å². The third-order valence-electron chi connectivity index (χ3n) is 3.05. The van der Waals surface area contributed by atoms with Gasteiger partial charge in [-0.15, -0.1) is 12.4 Å². The molecule has 0 heterocycles. The van der Waals surface area contributed by atoms with Crippen LogP contribution in [0.5, 0.6) is 0 Å². The van der Waals surface area contributed by atoms with Crippen molar-refractivity contribution in [3.63, 3.8) is 0 Å². The maximum Gasteiger partial charge on any atom is 0.246 e. The molecule has 1 unspecified atom stereocenters. The lowest BCUT2D eigenvalue weighted by atomic mass is 10.2. The Morgan fingerprint density at radius 3 is 2.46 bits per heavy atom. The molecule has 0 aliphatic heterocycles. The largest absolute Gasteiger partial charge is 0.345 e. The number of anilines is 1. The SMILES string of the molecule is CNCCC(=O)NC(C)C(=O)Nc1cccc(S(=O)(=O)NC)c1.Cl. The number of sulfonamides is 1. The molecule has 24 heavy (non-hydrogen) atoms. The van der Waals surface area contributed by atoms with Crippen LogP contribution in [0.2, 0.25) is 0 Å². The zero-order chi connectivity index (χ0) is 17.5. The van der Waals surface area contributed by atoms with Gasteiger partial charge in [0.25, 0.3) is 0 Å². The van der Waals surface area contributed by atoms with Crippen molar-refractivity contribution in [1.82, 2.24) is 15.4 Å². The van der Waals surface area contributed by atoms with Crippen molar-refractivity contribution in [2.45, 2.75) is 24.3 Å². The van der Waals surface area contributed by atoms with E-state index in [0.717, 1.165) is 0 Å². The Hall–Kier alpha value is -1.68. The number of benzene rings is 1. The molecule has 1 rings (SSSR count). The number of carbonyl (C=O) groups excluding carboxylic acids is 2. The minimum absolute atomic E-state index is 0. The number of halogens is 1. The van der Waals surface area contributed by atoms with E-state index >= 15 is 0 Å². The van der Waals surface area contributed by atoms with Crippen LogP contribution in [0.25, 0.3) is 0 Å². The molecular formula is C14H23ClN4O4S. The van der Waals surface area contributed by atoms with E-state index < -0.39 is 22.0 Å². The number of hydrogen-bond acceptors (Lipinski definition) is 5. The normalized spacial score (nSPS) is 12.0. The second-order valence-electron chi connectivity index (χ2n) is 4.87. The van der Waals surface area contributed by atoms with E-state index in [1.165, 1.54) is 25.2 Å². The molecule has 8 nitrogen and oxygen atoms in total. The van der Waals surface area contributed by atoms with Gasteiger partial charge >= 0.3 is 0 Å². The third-order valence-corrected chi connectivity index (χ3v) is 4.47. The van der Waals surface area contributed by atoms with Crippen molar-refractivity contribution in [1.29, 1.82) is 0 Å². The molecule has 0 radical (unpaired) electrons. The molecule has 1 atom stereocenters. The molecule has 0 fully saturated rings. The Morgan fingerprint density at radius 2 is 1.88 bits per heavy atom. The molecule has 4 N–H and O–H groups in total. The van der Waals surface area contributed by atoms with E-state index in [1.807, 2.05) is 0 Å². The van der Waals surface area contributed by atoms with Gasteiger partial charge in [-0.25, -0.2) is 13.1 Å². The quantitative estimate of drug-likeness (QED) is 0.510. The fourth-order valence-electron chi connectivity index (χ4n) is 1.73. The lowest BCUT2D eigenvalue weighted by Gasteiger charge is -2.14. The molecule has 10 heteroatoms. The maximum atomic E-state index is 12.0. The van der Waals surface area contributed by atoms with Gasteiger partial charge in [-0.3, -0.25) is 9.59 Å². The standard InChI is InChI=1S/C14H22N4O4S.ClH/c1-10(17-13(19)7-8-15-2)14(20)18-11-5-4-6-12(9-11)23(21,22)16-3;/h4-6,9-10,15-16H,7-8H2,1-3H3,(H,17,19)(H,18,20);1H. The van der Waals surface area contributed by atoms with E-state index in [4.69, 9.17) is 0 Å². The van der Waals surface area contributed by atoms with Crippen molar-refractivity contribution in [3.8, 4) is 0 Å². The Balaban J connectivity index is 0.00000529. The zero-order valence-corrected chi connectivity index (χ0v) is 15.4. The summed E-state index contributed by atoms with van der Waals surface area (Å²) in [5.41, 5.74) is 0.336. The fourth-order valence-corrected chi connectivity index (χ4v) is 2.50. The van der Waals surface area contributed by atoms with E-state index in [0.29, 0.717) is 12.2 Å². The van der Waals surface area contributed by atoms with Gasteiger partial charge in [-0.05, 0) is 39.2 Å². The summed E-state index contributed by atoms with van der Waals surface area (Å²) in [5, 5.41) is 7.99. The summed E-state index contributed by atoms with van der Waals surface area (Å²) in [4.78, 5) is 23.7. The first-order chi connectivity index (χ1) is 10.8. The second-order valence-corrected chi connectivity index (χ2v) is 6.75. The number of carbonyl (C=O) groups is 2. The van der Waals surface area contributed by atoms with Gasteiger partial charge in [0.05, 0.1) is 4.90 Å². The molecule has 2 amide bonds. The summed E-state index contributed by atoms with van der Waals surface area (Å²) < 4.78 is 25.7. The van der Waals surface area contributed by atoms with Gasteiger partial charge in [0, 0.05) is 18.7 Å². The number of rotatable bonds is 8. The second kappa shape index (κ2) is 10.2. The molecule has 0 saturated carbocycles. The summed E-state index contributed by atoms with van der Waals surface area (Å²) in [6.07, 6.45) is 0.268. The van der Waals surface area contributed by atoms with Crippen LogP contribution in [-0.2, 0) is 19.6 Å². The van der Waals surface area contributed by atoms with Gasteiger partial charge in [-0.1, -0.05) is 6.07 Å². The molecule has 1 aromatic rings. The zero-order valence-electron chi connectivity index (χ0n) is 13.8. The predicted octanol–water partition coefficient (Wildman–Crippen LogP) is 0.0692. The molecule has 0 saturated heterocycles. The molecule has 0 aliphatic rings. The van der Waals surface area contributed by atoms with Crippen LogP contribution in [0.1, 0.15) is 13.3 Å². The highest BCUT2D eigenvalue weighted by Gasteiger charge is 2.17. The van der Waals surface area contributed by atoms with E-state index in [-0.39, 0.29) is 29.6 Å². The van der Waals surface area contributed by atoms with Crippen molar-refractivity contribution in [2.24, 2.45) is 0 Å². The molecule has 136 valence electrons. The predicted molar refractivity (Wildman–Crippen MR) is 94.7 cm³/mol. The number of nitrogens with one attached hydrogen (secondary N) is 4. The van der Waals surface area contributed by atoms with Crippen LogP contribution in [-0.4, -0.2) is 46.9 Å². The average Bonchev–Trinajstić information content (AvgIpc) is 2.53. The van der Waals surface area contributed by atoms with Crippen LogP contribution >= 0.6 is 12.4 Å².